The molecule has 25 heavy (non-hydrogen) atoms. The van der Waals surface area contributed by atoms with E-state index in [1.165, 1.54) is 13.2 Å². The second-order valence-electron chi connectivity index (χ2n) is 5.22. The molecular weight excluding hydrogens is 336 g/mol. The van der Waals surface area contributed by atoms with E-state index in [4.69, 9.17) is 17.0 Å². The standard InChI is InChI=1S/C19H18N2O3S/c1-13-7-9-14(10-8-13)11-12-17(22)21-19(25)20-16-6-4-3-5-15(16)18(23)24-2/h3-12H,1-2H3,(H2,20,21,22,25). The Labute approximate surface area is 151 Å². The highest BCUT2D eigenvalue weighted by molar-refractivity contribution is 7.80. The van der Waals surface area contributed by atoms with Crippen LogP contribution >= 0.6 is 12.2 Å². The topological polar surface area (TPSA) is 67.4 Å². The van der Waals surface area contributed by atoms with Gasteiger partial charge in [0, 0.05) is 6.08 Å². The highest BCUT2D eigenvalue weighted by atomic mass is 32.1. The first-order valence-corrected chi connectivity index (χ1v) is 7.94. The number of methoxy groups -OCH3 is 1. The van der Waals surface area contributed by atoms with E-state index in [2.05, 4.69) is 10.6 Å². The molecule has 2 rings (SSSR count). The number of carbonyl (C=O) groups is 2. The van der Waals surface area contributed by atoms with Crippen molar-refractivity contribution in [2.24, 2.45) is 0 Å². The smallest absolute Gasteiger partial charge is 0.339 e. The van der Waals surface area contributed by atoms with Crippen LogP contribution in [-0.2, 0) is 9.53 Å². The van der Waals surface area contributed by atoms with Crippen LogP contribution in [-0.4, -0.2) is 24.1 Å². The zero-order chi connectivity index (χ0) is 18.2. The predicted octanol–water partition coefficient (Wildman–Crippen LogP) is 3.31. The van der Waals surface area contributed by atoms with E-state index in [1.54, 1.807) is 30.3 Å². The van der Waals surface area contributed by atoms with Gasteiger partial charge in [-0.15, -0.1) is 0 Å². The van der Waals surface area contributed by atoms with Gasteiger partial charge < -0.3 is 10.1 Å². The van der Waals surface area contributed by atoms with E-state index in [1.807, 2.05) is 31.2 Å². The normalized spacial score (nSPS) is 10.3. The molecule has 6 heteroatoms. The summed E-state index contributed by atoms with van der Waals surface area (Å²) >= 11 is 5.11. The molecule has 0 atom stereocenters. The summed E-state index contributed by atoms with van der Waals surface area (Å²) in [5.74, 6) is -0.856. The molecule has 0 fully saturated rings. The maximum absolute atomic E-state index is 11.9. The monoisotopic (exact) mass is 354 g/mol. The molecule has 0 bridgehead atoms. The van der Waals surface area contributed by atoms with Crippen LogP contribution in [0, 0.1) is 6.92 Å². The van der Waals surface area contributed by atoms with E-state index in [-0.39, 0.29) is 11.0 Å². The average molecular weight is 354 g/mol. The highest BCUT2D eigenvalue weighted by Gasteiger charge is 2.12. The van der Waals surface area contributed by atoms with Crippen LogP contribution in [0.3, 0.4) is 0 Å². The first-order valence-electron chi connectivity index (χ1n) is 7.53. The van der Waals surface area contributed by atoms with Gasteiger partial charge in [0.1, 0.15) is 0 Å². The number of aryl methyl sites for hydroxylation is 1. The summed E-state index contributed by atoms with van der Waals surface area (Å²) in [4.78, 5) is 23.7. The van der Waals surface area contributed by atoms with Crippen molar-refractivity contribution in [3.8, 4) is 0 Å². The number of benzene rings is 2. The Bertz CT molecular complexity index is 814. The number of rotatable bonds is 4. The Kier molecular flexibility index (Phi) is 6.42. The van der Waals surface area contributed by atoms with Gasteiger partial charge in [0.15, 0.2) is 5.11 Å². The zero-order valence-electron chi connectivity index (χ0n) is 13.9. The summed E-state index contributed by atoms with van der Waals surface area (Å²) in [6, 6.07) is 14.5. The SMILES string of the molecule is COC(=O)c1ccccc1NC(=S)NC(=O)C=Cc1ccc(C)cc1. The predicted molar refractivity (Wildman–Crippen MR) is 102 cm³/mol. The third-order valence-electron chi connectivity index (χ3n) is 3.32. The van der Waals surface area contributed by atoms with Crippen LogP contribution in [0.1, 0.15) is 21.5 Å². The van der Waals surface area contributed by atoms with Crippen LogP contribution in [0.15, 0.2) is 54.6 Å². The fraction of sp³-hybridized carbons (Fsp3) is 0.105. The molecule has 0 aliphatic carbocycles. The van der Waals surface area contributed by atoms with Gasteiger partial charge >= 0.3 is 5.97 Å². The summed E-state index contributed by atoms with van der Waals surface area (Å²) in [7, 11) is 1.30. The number of esters is 1. The molecule has 2 N–H and O–H groups in total. The highest BCUT2D eigenvalue weighted by Crippen LogP contribution is 2.15. The van der Waals surface area contributed by atoms with Crippen LogP contribution in [0.4, 0.5) is 5.69 Å². The third kappa shape index (κ3) is 5.54. The van der Waals surface area contributed by atoms with Gasteiger partial charge in [-0.3, -0.25) is 10.1 Å². The number of anilines is 1. The van der Waals surface area contributed by atoms with Crippen LogP contribution in [0.5, 0.6) is 0 Å². The molecule has 5 nitrogen and oxygen atoms in total. The molecule has 0 heterocycles. The van der Waals surface area contributed by atoms with Crippen LogP contribution in [0.25, 0.3) is 6.08 Å². The Morgan fingerprint density at radius 1 is 1.08 bits per heavy atom. The van der Waals surface area contributed by atoms with Crippen molar-refractivity contribution in [1.82, 2.24) is 5.32 Å². The Morgan fingerprint density at radius 2 is 1.76 bits per heavy atom. The minimum absolute atomic E-state index is 0.0925. The van der Waals surface area contributed by atoms with Gasteiger partial charge in [0.2, 0.25) is 5.91 Å². The molecule has 0 saturated carbocycles. The molecule has 1 amide bonds. The average Bonchev–Trinajstić information content (AvgIpc) is 2.61. The second-order valence-corrected chi connectivity index (χ2v) is 5.63. The summed E-state index contributed by atoms with van der Waals surface area (Å²) < 4.78 is 4.71. The van der Waals surface area contributed by atoms with E-state index in [9.17, 15) is 9.59 Å². The van der Waals surface area contributed by atoms with Crippen molar-refractivity contribution in [1.29, 1.82) is 0 Å². The van der Waals surface area contributed by atoms with Gasteiger partial charge in [-0.1, -0.05) is 42.0 Å². The summed E-state index contributed by atoms with van der Waals surface area (Å²) in [5, 5.41) is 5.46. The molecule has 2 aromatic rings. The van der Waals surface area contributed by atoms with Crippen molar-refractivity contribution in [2.45, 2.75) is 6.92 Å². The number of carbonyl (C=O) groups excluding carboxylic acids is 2. The summed E-state index contributed by atoms with van der Waals surface area (Å²) in [6.45, 7) is 2.00. The molecule has 0 aliphatic heterocycles. The lowest BCUT2D eigenvalue weighted by molar-refractivity contribution is -0.115. The number of thiocarbonyl (C=S) groups is 1. The number of nitrogens with one attached hydrogen (secondary N) is 2. The second kappa shape index (κ2) is 8.75. The lowest BCUT2D eigenvalue weighted by Crippen LogP contribution is -2.33. The molecule has 0 unspecified atom stereocenters. The molecule has 0 aliphatic rings. The minimum atomic E-state index is -0.489. The summed E-state index contributed by atoms with van der Waals surface area (Å²) in [5.41, 5.74) is 2.85. The molecule has 2 aromatic carbocycles. The first kappa shape index (κ1) is 18.4. The van der Waals surface area contributed by atoms with Crippen molar-refractivity contribution < 1.29 is 14.3 Å². The van der Waals surface area contributed by atoms with Gasteiger partial charge in [-0.05, 0) is 42.9 Å². The molecular formula is C19H18N2O3S. The maximum atomic E-state index is 11.9. The van der Waals surface area contributed by atoms with E-state index in [0.29, 0.717) is 11.3 Å². The van der Waals surface area contributed by atoms with E-state index < -0.39 is 5.97 Å². The van der Waals surface area contributed by atoms with E-state index in [0.717, 1.165) is 11.1 Å². The van der Waals surface area contributed by atoms with Gasteiger partial charge in [0.05, 0.1) is 18.4 Å². The zero-order valence-corrected chi connectivity index (χ0v) is 14.7. The van der Waals surface area contributed by atoms with Gasteiger partial charge in [-0.2, -0.15) is 0 Å². The number of para-hydroxylation sites is 1. The van der Waals surface area contributed by atoms with Gasteiger partial charge in [0.25, 0.3) is 0 Å². The Hall–Kier alpha value is -2.99. The fourth-order valence-corrected chi connectivity index (χ4v) is 2.25. The Balaban J connectivity index is 1.97. The maximum Gasteiger partial charge on any atom is 0.339 e. The number of ether oxygens (including phenoxy) is 1. The first-order chi connectivity index (χ1) is 12.0. The molecule has 128 valence electrons. The van der Waals surface area contributed by atoms with Gasteiger partial charge in [-0.25, -0.2) is 4.79 Å². The number of amides is 1. The minimum Gasteiger partial charge on any atom is -0.465 e. The van der Waals surface area contributed by atoms with Crippen LogP contribution < -0.4 is 10.6 Å². The van der Waals surface area contributed by atoms with Crippen molar-refractivity contribution in [3.63, 3.8) is 0 Å². The summed E-state index contributed by atoms with van der Waals surface area (Å²) in [6.07, 6.45) is 3.09. The van der Waals surface area contributed by atoms with Crippen molar-refractivity contribution in [3.05, 3.63) is 71.3 Å². The number of hydrogen-bond acceptors (Lipinski definition) is 4. The molecule has 0 radical (unpaired) electrons. The molecule has 0 spiro atoms. The fourth-order valence-electron chi connectivity index (χ4n) is 2.04. The van der Waals surface area contributed by atoms with E-state index >= 15 is 0 Å². The lowest BCUT2D eigenvalue weighted by atomic mass is 10.1. The van der Waals surface area contributed by atoms with Crippen molar-refractivity contribution >= 4 is 41.0 Å². The molecule has 0 aromatic heterocycles. The Morgan fingerprint density at radius 3 is 2.44 bits per heavy atom. The quantitative estimate of drug-likeness (QED) is 0.501. The number of hydrogen-bond donors (Lipinski definition) is 2. The van der Waals surface area contributed by atoms with Crippen molar-refractivity contribution in [2.75, 3.05) is 12.4 Å². The van der Waals surface area contributed by atoms with Crippen LogP contribution in [0.2, 0.25) is 0 Å². The largest absolute Gasteiger partial charge is 0.465 e. The third-order valence-corrected chi connectivity index (χ3v) is 3.53. The lowest BCUT2D eigenvalue weighted by Gasteiger charge is -2.11. The molecule has 0 saturated heterocycles.